The van der Waals surface area contributed by atoms with Crippen molar-refractivity contribution in [2.45, 2.75) is 32.5 Å². The monoisotopic (exact) mass is 147 g/mol. The molecule has 10 heavy (non-hydrogen) atoms. The number of hydrogen-bond acceptors (Lipinski definition) is 3. The van der Waals surface area contributed by atoms with Gasteiger partial charge in [-0.15, -0.1) is 0 Å². The van der Waals surface area contributed by atoms with Gasteiger partial charge >= 0.3 is 6.09 Å². The van der Waals surface area contributed by atoms with Crippen molar-refractivity contribution in [3.8, 4) is 0 Å². The van der Waals surface area contributed by atoms with Gasteiger partial charge in [0.25, 0.3) is 0 Å². The normalized spacial score (nSPS) is 12.6. The molecule has 3 N–H and O–H groups in total. The van der Waals surface area contributed by atoms with Crippen molar-refractivity contribution in [3.63, 3.8) is 0 Å². The Hall–Kier alpha value is -0.770. The van der Waals surface area contributed by atoms with E-state index in [2.05, 4.69) is 10.5 Å². The molecule has 0 saturated heterocycles. The molecule has 1 unspecified atom stereocenters. The van der Waals surface area contributed by atoms with Crippen LogP contribution in [-0.4, -0.2) is 17.5 Å². The molecule has 0 aliphatic rings. The van der Waals surface area contributed by atoms with Gasteiger partial charge in [-0.3, -0.25) is 0 Å². The molecule has 1 atom stereocenters. The summed E-state index contributed by atoms with van der Waals surface area (Å²) in [5.41, 5.74) is 4.64. The van der Waals surface area contributed by atoms with Gasteiger partial charge in [0.2, 0.25) is 6.29 Å². The summed E-state index contributed by atoms with van der Waals surface area (Å²) in [5, 5.41) is 8.83. The molecule has 0 aromatic heterocycles. The Morgan fingerprint density at radius 3 is 2.80 bits per heavy atom. The third-order valence-electron chi connectivity index (χ3n) is 1.06. The van der Waals surface area contributed by atoms with Crippen molar-refractivity contribution < 1.29 is 14.6 Å². The SMILES string of the molecule is CCCCC(O)OC(N)=O. The molecule has 0 radical (unpaired) electrons. The Labute approximate surface area is 60.0 Å². The topological polar surface area (TPSA) is 72.6 Å². The van der Waals surface area contributed by atoms with E-state index in [1.165, 1.54) is 0 Å². The minimum atomic E-state index is -1.03. The van der Waals surface area contributed by atoms with Crippen molar-refractivity contribution in [2.75, 3.05) is 0 Å². The van der Waals surface area contributed by atoms with Gasteiger partial charge in [-0.25, -0.2) is 4.79 Å². The van der Waals surface area contributed by atoms with Crippen LogP contribution in [0.4, 0.5) is 4.79 Å². The number of amides is 1. The van der Waals surface area contributed by atoms with Crippen molar-refractivity contribution in [3.05, 3.63) is 0 Å². The lowest BCUT2D eigenvalue weighted by molar-refractivity contribution is -0.0541. The van der Waals surface area contributed by atoms with Gasteiger partial charge in [0.05, 0.1) is 0 Å². The van der Waals surface area contributed by atoms with E-state index in [1.807, 2.05) is 6.92 Å². The molecule has 0 aromatic rings. The first kappa shape index (κ1) is 9.23. The molecular formula is C6H13NO3. The lowest BCUT2D eigenvalue weighted by Gasteiger charge is -2.07. The van der Waals surface area contributed by atoms with Crippen LogP contribution < -0.4 is 5.73 Å². The first-order valence-corrected chi connectivity index (χ1v) is 3.31. The molecule has 0 aliphatic heterocycles. The maximum Gasteiger partial charge on any atom is 0.406 e. The van der Waals surface area contributed by atoms with Crippen molar-refractivity contribution in [1.29, 1.82) is 0 Å². The fraction of sp³-hybridized carbons (Fsp3) is 0.833. The van der Waals surface area contributed by atoms with E-state index in [0.717, 1.165) is 12.8 Å². The van der Waals surface area contributed by atoms with E-state index < -0.39 is 12.4 Å². The molecule has 0 spiro atoms. The van der Waals surface area contributed by atoms with E-state index in [0.29, 0.717) is 6.42 Å². The van der Waals surface area contributed by atoms with Crippen LogP contribution in [0.25, 0.3) is 0 Å². The molecule has 0 aliphatic carbocycles. The third kappa shape index (κ3) is 5.37. The summed E-state index contributed by atoms with van der Waals surface area (Å²) in [7, 11) is 0. The largest absolute Gasteiger partial charge is 0.420 e. The molecular weight excluding hydrogens is 134 g/mol. The zero-order valence-corrected chi connectivity index (χ0v) is 6.04. The maximum absolute atomic E-state index is 10.0. The quantitative estimate of drug-likeness (QED) is 0.571. The zero-order valence-electron chi connectivity index (χ0n) is 6.04. The van der Waals surface area contributed by atoms with E-state index in [-0.39, 0.29) is 0 Å². The second-order valence-electron chi connectivity index (χ2n) is 2.03. The highest BCUT2D eigenvalue weighted by atomic mass is 16.6. The summed E-state index contributed by atoms with van der Waals surface area (Å²) < 4.78 is 4.25. The van der Waals surface area contributed by atoms with Crippen LogP contribution in [0.2, 0.25) is 0 Å². The van der Waals surface area contributed by atoms with E-state index in [9.17, 15) is 4.79 Å². The molecule has 0 aromatic carbocycles. The van der Waals surface area contributed by atoms with Gasteiger partial charge in [0.1, 0.15) is 0 Å². The van der Waals surface area contributed by atoms with Gasteiger partial charge in [0, 0.05) is 6.42 Å². The summed E-state index contributed by atoms with van der Waals surface area (Å²) in [6, 6.07) is 0. The van der Waals surface area contributed by atoms with Gasteiger partial charge in [-0.05, 0) is 6.42 Å². The first-order valence-electron chi connectivity index (χ1n) is 3.31. The van der Waals surface area contributed by atoms with Crippen LogP contribution in [0.5, 0.6) is 0 Å². The summed E-state index contributed by atoms with van der Waals surface area (Å²) >= 11 is 0. The van der Waals surface area contributed by atoms with Crippen LogP contribution in [-0.2, 0) is 4.74 Å². The van der Waals surface area contributed by atoms with Crippen LogP contribution in [0.3, 0.4) is 0 Å². The third-order valence-corrected chi connectivity index (χ3v) is 1.06. The average Bonchev–Trinajstić information content (AvgIpc) is 1.82. The fourth-order valence-electron chi connectivity index (χ4n) is 0.572. The summed E-state index contributed by atoms with van der Waals surface area (Å²) in [4.78, 5) is 10.0. The first-order chi connectivity index (χ1) is 4.66. The predicted octanol–water partition coefficient (Wildman–Crippen LogP) is 0.590. The highest BCUT2D eigenvalue weighted by Crippen LogP contribution is 2.00. The van der Waals surface area contributed by atoms with Gasteiger partial charge in [0.15, 0.2) is 0 Å². The second-order valence-corrected chi connectivity index (χ2v) is 2.03. The maximum atomic E-state index is 10.0. The van der Waals surface area contributed by atoms with Crippen LogP contribution in [0, 0.1) is 0 Å². The minimum Gasteiger partial charge on any atom is -0.420 e. The average molecular weight is 147 g/mol. The molecule has 4 heteroatoms. The Morgan fingerprint density at radius 1 is 1.80 bits per heavy atom. The molecule has 1 amide bonds. The summed E-state index contributed by atoms with van der Waals surface area (Å²) in [6.07, 6.45) is 0.286. The van der Waals surface area contributed by atoms with Crippen LogP contribution in [0.15, 0.2) is 0 Å². The number of hydrogen-bond donors (Lipinski definition) is 2. The lowest BCUT2D eigenvalue weighted by Crippen LogP contribution is -2.22. The van der Waals surface area contributed by atoms with E-state index in [4.69, 9.17) is 5.11 Å². The van der Waals surface area contributed by atoms with E-state index >= 15 is 0 Å². The molecule has 60 valence electrons. The summed E-state index contributed by atoms with van der Waals surface area (Å²) in [5.74, 6) is 0. The molecule has 4 nitrogen and oxygen atoms in total. The Morgan fingerprint density at radius 2 is 2.40 bits per heavy atom. The van der Waals surface area contributed by atoms with Crippen molar-refractivity contribution in [1.82, 2.24) is 0 Å². The smallest absolute Gasteiger partial charge is 0.406 e. The highest BCUT2D eigenvalue weighted by Gasteiger charge is 2.05. The molecule has 0 rings (SSSR count). The number of carbonyl (C=O) groups excluding carboxylic acids is 1. The molecule has 0 heterocycles. The summed E-state index contributed by atoms with van der Waals surface area (Å²) in [6.45, 7) is 1.98. The Kier molecular flexibility index (Phi) is 4.66. The van der Waals surface area contributed by atoms with Crippen LogP contribution >= 0.6 is 0 Å². The molecule has 0 saturated carbocycles. The number of ether oxygens (including phenoxy) is 1. The Balaban J connectivity index is 3.25. The number of aliphatic hydroxyl groups excluding tert-OH is 1. The number of carbonyl (C=O) groups is 1. The number of aliphatic hydroxyl groups is 1. The standard InChI is InChI=1S/C6H13NO3/c1-2-3-4-5(8)10-6(7)9/h5,8H,2-4H2,1H3,(H2,7,9). The van der Waals surface area contributed by atoms with Gasteiger partial charge in [-0.2, -0.15) is 0 Å². The fourth-order valence-corrected chi connectivity index (χ4v) is 0.572. The number of nitrogens with two attached hydrogens (primary N) is 1. The van der Waals surface area contributed by atoms with E-state index in [1.54, 1.807) is 0 Å². The minimum absolute atomic E-state index is 0.458. The van der Waals surface area contributed by atoms with Crippen molar-refractivity contribution >= 4 is 6.09 Å². The second kappa shape index (κ2) is 5.05. The molecule has 0 fully saturated rings. The Bertz CT molecular complexity index is 105. The van der Waals surface area contributed by atoms with Crippen molar-refractivity contribution in [2.24, 2.45) is 5.73 Å². The number of primary amides is 1. The van der Waals surface area contributed by atoms with Gasteiger partial charge < -0.3 is 15.6 Å². The highest BCUT2D eigenvalue weighted by molar-refractivity contribution is 5.64. The lowest BCUT2D eigenvalue weighted by atomic mass is 10.2. The zero-order chi connectivity index (χ0) is 7.98. The number of unbranched alkanes of at least 4 members (excludes halogenated alkanes) is 1. The molecule has 0 bridgehead atoms. The van der Waals surface area contributed by atoms with Gasteiger partial charge in [-0.1, -0.05) is 13.3 Å². The number of rotatable bonds is 4. The predicted molar refractivity (Wildman–Crippen MR) is 36.2 cm³/mol. The van der Waals surface area contributed by atoms with Crippen LogP contribution in [0.1, 0.15) is 26.2 Å².